The zero-order chi connectivity index (χ0) is 27.3. The molecule has 3 unspecified atom stereocenters. The number of ether oxygens (including phenoxy) is 1. The Balaban J connectivity index is 3.40. The number of amides is 3. The van der Waals surface area contributed by atoms with E-state index in [1.165, 1.54) is 11.0 Å². The number of phenolic OH excluding ortho intramolecular Hbond substituents is 1. The number of rotatable bonds is 14. The van der Waals surface area contributed by atoms with Gasteiger partial charge in [0, 0.05) is 18.2 Å². The summed E-state index contributed by atoms with van der Waals surface area (Å²) >= 11 is 0. The summed E-state index contributed by atoms with van der Waals surface area (Å²) in [4.78, 5) is 41.0. The number of aliphatic hydroxyl groups is 1. The summed E-state index contributed by atoms with van der Waals surface area (Å²) in [6.07, 6.45) is 4.18. The van der Waals surface area contributed by atoms with E-state index in [0.717, 1.165) is 32.1 Å². The van der Waals surface area contributed by atoms with Crippen LogP contribution in [0.4, 0.5) is 4.79 Å². The lowest BCUT2D eigenvalue weighted by atomic mass is 10.0. The van der Waals surface area contributed by atoms with E-state index in [-0.39, 0.29) is 23.9 Å². The predicted octanol–water partition coefficient (Wildman–Crippen LogP) is 4.03. The molecule has 0 bridgehead atoms. The number of hydrogen-bond acceptors (Lipinski definition) is 6. The Morgan fingerprint density at radius 3 is 2.25 bits per heavy atom. The minimum atomic E-state index is -1.32. The first-order valence-electron chi connectivity index (χ1n) is 12.9. The van der Waals surface area contributed by atoms with Gasteiger partial charge < -0.3 is 30.5 Å². The Morgan fingerprint density at radius 2 is 1.69 bits per heavy atom. The molecule has 0 saturated carbocycles. The topological polar surface area (TPSA) is 128 Å². The molecule has 0 aliphatic carbocycles. The number of aromatic hydroxyl groups is 1. The highest BCUT2D eigenvalue weighted by molar-refractivity contribution is 5.92. The van der Waals surface area contributed by atoms with Gasteiger partial charge in [-0.2, -0.15) is 0 Å². The van der Waals surface area contributed by atoms with Crippen LogP contribution in [0.3, 0.4) is 0 Å². The molecule has 204 valence electrons. The normalized spacial score (nSPS) is 13.9. The Labute approximate surface area is 215 Å². The van der Waals surface area contributed by atoms with Gasteiger partial charge >= 0.3 is 6.09 Å². The molecule has 4 N–H and O–H groups in total. The molecule has 0 radical (unpaired) electrons. The second kappa shape index (κ2) is 15.3. The number of phenols is 1. The second-order valence-corrected chi connectivity index (χ2v) is 10.1. The van der Waals surface area contributed by atoms with E-state index in [2.05, 4.69) is 17.6 Å². The minimum absolute atomic E-state index is 0.118. The highest BCUT2D eigenvalue weighted by atomic mass is 16.6. The van der Waals surface area contributed by atoms with Crippen LogP contribution in [0.2, 0.25) is 0 Å². The Bertz CT molecular complexity index is 839. The van der Waals surface area contributed by atoms with Crippen LogP contribution in [0.15, 0.2) is 24.3 Å². The maximum absolute atomic E-state index is 13.7. The number of hydrogen-bond donors (Lipinski definition) is 4. The van der Waals surface area contributed by atoms with E-state index in [1.807, 2.05) is 13.8 Å². The average Bonchev–Trinajstić information content (AvgIpc) is 2.78. The minimum Gasteiger partial charge on any atom is -0.508 e. The van der Waals surface area contributed by atoms with Crippen molar-refractivity contribution in [1.29, 1.82) is 0 Å². The lowest BCUT2D eigenvalue weighted by molar-refractivity contribution is -0.143. The largest absolute Gasteiger partial charge is 0.508 e. The number of alkyl carbamates (subject to hydrolysis) is 1. The molecule has 1 rings (SSSR count). The van der Waals surface area contributed by atoms with Gasteiger partial charge in [-0.05, 0) is 46.6 Å². The third-order valence-corrected chi connectivity index (χ3v) is 5.61. The van der Waals surface area contributed by atoms with E-state index < -0.39 is 42.2 Å². The first-order chi connectivity index (χ1) is 16.9. The zero-order valence-electron chi connectivity index (χ0n) is 22.7. The van der Waals surface area contributed by atoms with Crippen LogP contribution in [-0.2, 0) is 14.3 Å². The number of unbranched alkanes of at least 4 members (excludes halogenated alkanes) is 3. The molecule has 3 atom stereocenters. The monoisotopic (exact) mass is 507 g/mol. The molecule has 0 aliphatic heterocycles. The number of carbonyl (C=O) groups is 3. The summed E-state index contributed by atoms with van der Waals surface area (Å²) < 4.78 is 5.25. The fraction of sp³-hybridized carbons (Fsp3) is 0.667. The van der Waals surface area contributed by atoms with Gasteiger partial charge in [-0.1, -0.05) is 57.7 Å². The summed E-state index contributed by atoms with van der Waals surface area (Å²) in [5.41, 5.74) is -0.516. The van der Waals surface area contributed by atoms with Crippen molar-refractivity contribution in [3.63, 3.8) is 0 Å². The number of nitrogens with zero attached hydrogens (tertiary/aromatic N) is 1. The van der Waals surface area contributed by atoms with Gasteiger partial charge in [0.2, 0.25) is 11.8 Å². The quantitative estimate of drug-likeness (QED) is 0.282. The first-order valence-corrected chi connectivity index (χ1v) is 12.9. The molecule has 0 aliphatic rings. The van der Waals surface area contributed by atoms with Crippen LogP contribution >= 0.6 is 0 Å². The van der Waals surface area contributed by atoms with Crippen molar-refractivity contribution in [3.05, 3.63) is 29.8 Å². The lowest BCUT2D eigenvalue weighted by Crippen LogP contribution is -2.55. The molecule has 9 heteroatoms. The van der Waals surface area contributed by atoms with E-state index in [9.17, 15) is 24.6 Å². The van der Waals surface area contributed by atoms with Crippen LogP contribution in [0, 0.1) is 0 Å². The van der Waals surface area contributed by atoms with Crippen LogP contribution < -0.4 is 10.6 Å². The van der Waals surface area contributed by atoms with Crippen molar-refractivity contribution < 1.29 is 29.3 Å². The van der Waals surface area contributed by atoms with Gasteiger partial charge in [0.25, 0.3) is 0 Å². The third-order valence-electron chi connectivity index (χ3n) is 5.61. The van der Waals surface area contributed by atoms with Crippen LogP contribution in [-0.4, -0.2) is 63.9 Å². The maximum Gasteiger partial charge on any atom is 0.408 e. The number of aliphatic hydroxyl groups excluding tert-OH is 1. The molecule has 0 saturated heterocycles. The molecule has 9 nitrogen and oxygen atoms in total. The molecule has 0 spiro atoms. The summed E-state index contributed by atoms with van der Waals surface area (Å²) in [5.74, 6) is -1.19. The summed E-state index contributed by atoms with van der Waals surface area (Å²) in [6.45, 7) is 10.6. The van der Waals surface area contributed by atoms with Gasteiger partial charge in [-0.3, -0.25) is 9.59 Å². The molecule has 0 aromatic heterocycles. The van der Waals surface area contributed by atoms with Crippen LogP contribution in [0.1, 0.15) is 91.7 Å². The number of benzene rings is 1. The lowest BCUT2D eigenvalue weighted by Gasteiger charge is -2.35. The van der Waals surface area contributed by atoms with Crippen molar-refractivity contribution in [2.45, 2.75) is 104 Å². The van der Waals surface area contributed by atoms with E-state index in [4.69, 9.17) is 4.74 Å². The molecular formula is C27H45N3O6. The molecular weight excluding hydrogens is 462 g/mol. The van der Waals surface area contributed by atoms with Gasteiger partial charge in [0.05, 0.1) is 6.61 Å². The second-order valence-electron chi connectivity index (χ2n) is 10.1. The highest BCUT2D eigenvalue weighted by Crippen LogP contribution is 2.30. The SMILES string of the molecule is CCCCCCN(C(=O)C(CO)NC(=O)OC(C)(C)C)C(C(=O)NC(C)CCC)c1ccccc1O. The molecule has 0 fully saturated rings. The van der Waals surface area contributed by atoms with Crippen molar-refractivity contribution in [1.82, 2.24) is 15.5 Å². The molecule has 0 heterocycles. The fourth-order valence-electron chi connectivity index (χ4n) is 3.91. The van der Waals surface area contributed by atoms with Crippen LogP contribution in [0.25, 0.3) is 0 Å². The Hall–Kier alpha value is -2.81. The maximum atomic E-state index is 13.7. The van der Waals surface area contributed by atoms with Gasteiger partial charge in [0.15, 0.2) is 0 Å². The summed E-state index contributed by atoms with van der Waals surface area (Å²) in [5, 5.41) is 26.0. The third kappa shape index (κ3) is 10.4. The summed E-state index contributed by atoms with van der Waals surface area (Å²) in [7, 11) is 0. The smallest absolute Gasteiger partial charge is 0.408 e. The molecule has 1 aromatic rings. The van der Waals surface area contributed by atoms with Gasteiger partial charge in [0.1, 0.15) is 23.4 Å². The van der Waals surface area contributed by atoms with Crippen molar-refractivity contribution in [2.24, 2.45) is 0 Å². The van der Waals surface area contributed by atoms with Crippen LogP contribution in [0.5, 0.6) is 5.75 Å². The number of para-hydroxylation sites is 1. The van der Waals surface area contributed by atoms with E-state index in [0.29, 0.717) is 6.42 Å². The van der Waals surface area contributed by atoms with Crippen molar-refractivity contribution >= 4 is 17.9 Å². The van der Waals surface area contributed by atoms with Crippen molar-refractivity contribution in [2.75, 3.05) is 13.2 Å². The molecule has 1 aromatic carbocycles. The highest BCUT2D eigenvalue weighted by Gasteiger charge is 2.37. The van der Waals surface area contributed by atoms with Crippen molar-refractivity contribution in [3.8, 4) is 5.75 Å². The fourth-order valence-corrected chi connectivity index (χ4v) is 3.91. The standard InChI is InChI=1S/C27H45N3O6/c1-7-9-10-13-17-30(25(34)21(18-31)29-26(35)36-27(4,5)6)23(20-15-11-12-16-22(20)32)24(33)28-19(3)14-8-2/h11-12,15-16,19,21,23,31-32H,7-10,13-14,17-18H2,1-6H3,(H,28,33)(H,29,35). The number of carbonyl (C=O) groups excluding carboxylic acids is 3. The Kier molecular flexibility index (Phi) is 13.3. The summed E-state index contributed by atoms with van der Waals surface area (Å²) in [6, 6.07) is 3.80. The predicted molar refractivity (Wildman–Crippen MR) is 139 cm³/mol. The van der Waals surface area contributed by atoms with E-state index in [1.54, 1.807) is 39.0 Å². The molecule has 36 heavy (non-hydrogen) atoms. The first kappa shape index (κ1) is 31.2. The van der Waals surface area contributed by atoms with Gasteiger partial charge in [-0.25, -0.2) is 4.79 Å². The van der Waals surface area contributed by atoms with Gasteiger partial charge in [-0.15, -0.1) is 0 Å². The Morgan fingerprint density at radius 1 is 1.03 bits per heavy atom. The van der Waals surface area contributed by atoms with E-state index >= 15 is 0 Å². The number of nitrogens with one attached hydrogen (secondary N) is 2. The molecule has 3 amide bonds. The zero-order valence-corrected chi connectivity index (χ0v) is 22.7. The average molecular weight is 508 g/mol.